The van der Waals surface area contributed by atoms with Crippen LogP contribution in [0.3, 0.4) is 0 Å². The number of benzene rings is 6. The number of carbonyl (C=O) groups is 3. The van der Waals surface area contributed by atoms with Gasteiger partial charge in [-0.1, -0.05) is 127 Å². The fourth-order valence-corrected chi connectivity index (χ4v) is 7.25. The minimum absolute atomic E-state index is 0.0331. The van der Waals surface area contributed by atoms with E-state index in [1.165, 1.54) is 11.8 Å². The number of carbonyl (C=O) groups excluding carboxylic acids is 3. The Morgan fingerprint density at radius 3 is 1.22 bits per heavy atom. The molecule has 0 aliphatic carbocycles. The van der Waals surface area contributed by atoms with Crippen molar-refractivity contribution >= 4 is 29.7 Å². The van der Waals surface area contributed by atoms with Gasteiger partial charge in [-0.2, -0.15) is 0 Å². The highest BCUT2D eigenvalue weighted by molar-refractivity contribution is 8.00. The normalized spacial score (nSPS) is 16.6. The first-order valence-electron chi connectivity index (χ1n) is 16.7. The monoisotopic (exact) mass is 690 g/mol. The van der Waals surface area contributed by atoms with E-state index in [0.717, 1.165) is 33.4 Å². The summed E-state index contributed by atoms with van der Waals surface area (Å²) in [7, 11) is 0. The first kappa shape index (κ1) is 33.6. The maximum Gasteiger partial charge on any atom is 0.338 e. The summed E-state index contributed by atoms with van der Waals surface area (Å²) >= 11 is 1.44. The van der Waals surface area contributed by atoms with Crippen LogP contribution in [0.1, 0.15) is 31.1 Å². The molecule has 0 N–H and O–H groups in total. The molecule has 6 aromatic rings. The van der Waals surface area contributed by atoms with E-state index in [2.05, 4.69) is 0 Å². The Labute approximate surface area is 301 Å². The lowest BCUT2D eigenvalue weighted by molar-refractivity contribution is -0.0295. The van der Waals surface area contributed by atoms with E-state index in [-0.39, 0.29) is 6.61 Å². The molecule has 0 saturated carbocycles. The number of ether oxygens (including phenoxy) is 3. The first-order chi connectivity index (χ1) is 25.0. The Balaban J connectivity index is 1.05. The number of rotatable bonds is 10. The van der Waals surface area contributed by atoms with Crippen LogP contribution in [0.4, 0.5) is 0 Å². The quantitative estimate of drug-likeness (QED) is 0.105. The van der Waals surface area contributed by atoms with Crippen LogP contribution in [0.5, 0.6) is 0 Å². The molecule has 7 rings (SSSR count). The van der Waals surface area contributed by atoms with Crippen LogP contribution in [0, 0.1) is 0 Å². The molecule has 0 amide bonds. The summed E-state index contributed by atoms with van der Waals surface area (Å²) in [5.74, 6) is -1.20. The maximum absolute atomic E-state index is 13.5. The molecule has 0 bridgehead atoms. The zero-order valence-corrected chi connectivity index (χ0v) is 28.4. The number of hydrogen-bond donors (Lipinski definition) is 0. The molecule has 0 spiro atoms. The van der Waals surface area contributed by atoms with E-state index in [1.54, 1.807) is 36.4 Å². The predicted octanol–water partition coefficient (Wildman–Crippen LogP) is 9.41. The van der Waals surface area contributed by atoms with Gasteiger partial charge in [-0.25, -0.2) is 14.4 Å². The third kappa shape index (κ3) is 8.11. The minimum Gasteiger partial charge on any atom is -0.461 e. The van der Waals surface area contributed by atoms with Crippen molar-refractivity contribution in [1.29, 1.82) is 0 Å². The van der Waals surface area contributed by atoms with E-state index in [0.29, 0.717) is 22.4 Å². The van der Waals surface area contributed by atoms with Gasteiger partial charge in [0, 0.05) is 5.75 Å². The molecule has 51 heavy (non-hydrogen) atoms. The third-order valence-electron chi connectivity index (χ3n) is 8.77. The van der Waals surface area contributed by atoms with Gasteiger partial charge >= 0.3 is 17.9 Å². The van der Waals surface area contributed by atoms with Gasteiger partial charge in [0.15, 0.2) is 6.10 Å². The summed E-state index contributed by atoms with van der Waals surface area (Å²) < 4.78 is 17.8. The first-order valence-corrected chi connectivity index (χ1v) is 17.7. The van der Waals surface area contributed by atoms with Gasteiger partial charge in [-0.05, 0) is 69.8 Å². The zero-order valence-electron chi connectivity index (χ0n) is 27.6. The van der Waals surface area contributed by atoms with Crippen molar-refractivity contribution in [3.8, 4) is 33.4 Å². The molecule has 7 heteroatoms. The minimum atomic E-state index is -0.850. The van der Waals surface area contributed by atoms with Crippen molar-refractivity contribution in [1.82, 2.24) is 0 Å². The highest BCUT2D eigenvalue weighted by Crippen LogP contribution is 2.34. The SMILES string of the molecule is O=C(OC[C@@H]1SC[C@H](OC(=O)c2ccc(-c3ccccc3)cc2)[C@H]1OC(=O)c1ccc(-c2ccccc2)cc1)c1ccc(-c2ccccc2)cc1. The summed E-state index contributed by atoms with van der Waals surface area (Å²) in [5.41, 5.74) is 7.21. The topological polar surface area (TPSA) is 78.9 Å². The summed E-state index contributed by atoms with van der Waals surface area (Å²) in [5, 5.41) is -0.455. The summed E-state index contributed by atoms with van der Waals surface area (Å²) in [6, 6.07) is 51.3. The average molecular weight is 691 g/mol. The van der Waals surface area contributed by atoms with E-state index in [4.69, 9.17) is 14.2 Å². The molecule has 6 aromatic carbocycles. The number of thioether (sulfide) groups is 1. The lowest BCUT2D eigenvalue weighted by Gasteiger charge is -2.24. The summed E-state index contributed by atoms with van der Waals surface area (Å²) in [6.45, 7) is -0.0331. The van der Waals surface area contributed by atoms with Crippen molar-refractivity contribution in [3.63, 3.8) is 0 Å². The Hall–Kier alpha value is -5.92. The average Bonchev–Trinajstić information content (AvgIpc) is 3.57. The van der Waals surface area contributed by atoms with Crippen LogP contribution in [-0.2, 0) is 14.2 Å². The highest BCUT2D eigenvalue weighted by atomic mass is 32.2. The van der Waals surface area contributed by atoms with E-state index >= 15 is 0 Å². The van der Waals surface area contributed by atoms with Gasteiger partial charge in [0.2, 0.25) is 0 Å². The molecule has 252 valence electrons. The molecule has 3 atom stereocenters. The smallest absolute Gasteiger partial charge is 0.338 e. The Morgan fingerprint density at radius 1 is 0.451 bits per heavy atom. The molecule has 0 unspecified atom stereocenters. The largest absolute Gasteiger partial charge is 0.461 e. The Kier molecular flexibility index (Phi) is 10.4. The van der Waals surface area contributed by atoms with Crippen LogP contribution >= 0.6 is 11.8 Å². The van der Waals surface area contributed by atoms with Crippen molar-refractivity contribution in [2.75, 3.05) is 12.4 Å². The van der Waals surface area contributed by atoms with Gasteiger partial charge in [0.05, 0.1) is 21.9 Å². The summed E-state index contributed by atoms with van der Waals surface area (Å²) in [4.78, 5) is 39.9. The molecule has 0 radical (unpaired) electrons. The van der Waals surface area contributed by atoms with Crippen molar-refractivity contribution in [3.05, 3.63) is 180 Å². The Bertz CT molecular complexity index is 2080. The van der Waals surface area contributed by atoms with Crippen LogP contribution in [-0.4, -0.2) is 47.7 Å². The van der Waals surface area contributed by atoms with E-state index in [9.17, 15) is 14.4 Å². The second kappa shape index (κ2) is 15.7. The van der Waals surface area contributed by atoms with Crippen LogP contribution < -0.4 is 0 Å². The van der Waals surface area contributed by atoms with Crippen molar-refractivity contribution in [2.24, 2.45) is 0 Å². The fraction of sp³-hybridized carbons (Fsp3) is 0.114. The third-order valence-corrected chi connectivity index (χ3v) is 10.1. The maximum atomic E-state index is 13.5. The lowest BCUT2D eigenvalue weighted by Crippen LogP contribution is -2.39. The summed E-state index contributed by atoms with van der Waals surface area (Å²) in [6.07, 6.45) is -1.60. The van der Waals surface area contributed by atoms with Crippen LogP contribution in [0.25, 0.3) is 33.4 Å². The van der Waals surface area contributed by atoms with Gasteiger partial charge in [0.25, 0.3) is 0 Å². The molecular formula is C44H34O6S. The predicted molar refractivity (Wildman–Crippen MR) is 201 cm³/mol. The molecule has 1 fully saturated rings. The van der Waals surface area contributed by atoms with Crippen molar-refractivity contribution in [2.45, 2.75) is 17.5 Å². The zero-order chi connectivity index (χ0) is 35.0. The van der Waals surface area contributed by atoms with Crippen molar-refractivity contribution < 1.29 is 28.6 Å². The second-order valence-electron chi connectivity index (χ2n) is 12.1. The lowest BCUT2D eigenvalue weighted by atomic mass is 10.0. The van der Waals surface area contributed by atoms with Crippen LogP contribution in [0.15, 0.2) is 164 Å². The van der Waals surface area contributed by atoms with Crippen LogP contribution in [0.2, 0.25) is 0 Å². The Morgan fingerprint density at radius 2 is 0.804 bits per heavy atom. The van der Waals surface area contributed by atoms with Gasteiger partial charge in [-0.3, -0.25) is 0 Å². The van der Waals surface area contributed by atoms with Gasteiger partial charge < -0.3 is 14.2 Å². The standard InChI is InChI=1S/C44H34O6S/c45-42(36-22-16-33(17-23-36)30-10-4-1-5-11-30)48-28-40-41(50-44(47)38-26-20-35(21-27-38)32-14-8-3-9-15-32)39(29-51-40)49-43(46)37-24-18-34(19-25-37)31-12-6-2-7-13-31/h1-27,39-41H,28-29H2/t39-,40-,41+/m0/s1. The molecule has 1 heterocycles. The molecule has 6 nitrogen and oxygen atoms in total. The molecule has 0 aromatic heterocycles. The molecule has 1 aliphatic heterocycles. The van der Waals surface area contributed by atoms with Gasteiger partial charge in [-0.15, -0.1) is 11.8 Å². The molecule has 1 saturated heterocycles. The van der Waals surface area contributed by atoms with Gasteiger partial charge in [0.1, 0.15) is 12.7 Å². The molecular weight excluding hydrogens is 657 g/mol. The van der Waals surface area contributed by atoms with E-state index < -0.39 is 35.4 Å². The molecule has 1 aliphatic rings. The van der Waals surface area contributed by atoms with E-state index in [1.807, 2.05) is 127 Å². The number of hydrogen-bond acceptors (Lipinski definition) is 7. The second-order valence-corrected chi connectivity index (χ2v) is 13.4. The highest BCUT2D eigenvalue weighted by Gasteiger charge is 2.43. The number of esters is 3. The fourth-order valence-electron chi connectivity index (χ4n) is 5.97.